The molecular formula is C50H39N. The van der Waals surface area contributed by atoms with Gasteiger partial charge in [-0.15, -0.1) is 0 Å². The molecular weight excluding hydrogens is 615 g/mol. The van der Waals surface area contributed by atoms with Crippen LogP contribution in [0.3, 0.4) is 0 Å². The van der Waals surface area contributed by atoms with Gasteiger partial charge in [0.05, 0.1) is 0 Å². The predicted molar refractivity (Wildman–Crippen MR) is 221 cm³/mol. The van der Waals surface area contributed by atoms with E-state index in [0.717, 1.165) is 17.1 Å². The lowest BCUT2D eigenvalue weighted by atomic mass is 9.93. The third kappa shape index (κ3) is 6.38. The molecule has 0 radical (unpaired) electrons. The molecule has 51 heavy (non-hydrogen) atoms. The summed E-state index contributed by atoms with van der Waals surface area (Å²) in [7, 11) is 0. The van der Waals surface area contributed by atoms with E-state index >= 15 is 0 Å². The lowest BCUT2D eigenvalue weighted by Crippen LogP contribution is -2.10. The van der Waals surface area contributed by atoms with Crippen LogP contribution in [0.25, 0.3) is 60.5 Å². The molecule has 244 valence electrons. The Kier molecular flexibility index (Phi) is 8.85. The van der Waals surface area contributed by atoms with E-state index in [-0.39, 0.29) is 0 Å². The quantitative estimate of drug-likeness (QED) is 0.148. The van der Waals surface area contributed by atoms with Gasteiger partial charge in [0.1, 0.15) is 0 Å². The number of anilines is 3. The Bertz CT molecular complexity index is 2390. The minimum Gasteiger partial charge on any atom is -0.310 e. The number of hydrogen-bond acceptors (Lipinski definition) is 1. The summed E-state index contributed by atoms with van der Waals surface area (Å²) in [6.07, 6.45) is 6.40. The molecule has 0 aliphatic rings. The fourth-order valence-electron chi connectivity index (χ4n) is 7.18. The Hall–Kier alpha value is -6.44. The first-order valence-electron chi connectivity index (χ1n) is 17.6. The average molecular weight is 654 g/mol. The molecule has 0 aliphatic carbocycles. The van der Waals surface area contributed by atoms with Crippen LogP contribution in [0.4, 0.5) is 17.1 Å². The zero-order valence-corrected chi connectivity index (χ0v) is 29.0. The van der Waals surface area contributed by atoms with Crippen LogP contribution < -0.4 is 4.90 Å². The molecule has 8 aromatic rings. The van der Waals surface area contributed by atoms with Crippen molar-refractivity contribution in [3.63, 3.8) is 0 Å². The molecule has 0 fully saturated rings. The van der Waals surface area contributed by atoms with E-state index in [1.807, 2.05) is 0 Å². The van der Waals surface area contributed by atoms with Crippen molar-refractivity contribution in [2.24, 2.45) is 0 Å². The van der Waals surface area contributed by atoms with Gasteiger partial charge in [-0.1, -0.05) is 164 Å². The zero-order valence-electron chi connectivity index (χ0n) is 29.0. The molecule has 0 N–H and O–H groups in total. The molecule has 0 amide bonds. The Balaban J connectivity index is 1.27. The molecule has 0 atom stereocenters. The SMILES string of the molecule is C/C=C\C=C(/C)c1cc(N(c2ccc(-c3cccc4ccccc34)cc2)c2ccc(-c3cccc4ccccc34)cc2)ccc1-c1ccccc1. The summed E-state index contributed by atoms with van der Waals surface area (Å²) < 4.78 is 0. The van der Waals surface area contributed by atoms with E-state index in [1.54, 1.807) is 0 Å². The van der Waals surface area contributed by atoms with Crippen LogP contribution in [0.1, 0.15) is 19.4 Å². The third-order valence-electron chi connectivity index (χ3n) is 9.76. The fraction of sp³-hybridized carbons (Fsp3) is 0.0400. The van der Waals surface area contributed by atoms with Gasteiger partial charge >= 0.3 is 0 Å². The number of nitrogens with zero attached hydrogens (tertiary/aromatic N) is 1. The van der Waals surface area contributed by atoms with Gasteiger partial charge in [0.2, 0.25) is 0 Å². The molecule has 8 aromatic carbocycles. The lowest BCUT2D eigenvalue weighted by Gasteiger charge is -2.27. The summed E-state index contributed by atoms with van der Waals surface area (Å²) in [5.41, 5.74) is 13.0. The number of fused-ring (bicyclic) bond motifs is 2. The number of rotatable bonds is 8. The van der Waals surface area contributed by atoms with Gasteiger partial charge in [0.25, 0.3) is 0 Å². The third-order valence-corrected chi connectivity index (χ3v) is 9.76. The summed E-state index contributed by atoms with van der Waals surface area (Å²) in [6.45, 7) is 4.26. The van der Waals surface area contributed by atoms with Crippen LogP contribution in [-0.2, 0) is 0 Å². The van der Waals surface area contributed by atoms with Crippen molar-refractivity contribution in [3.05, 3.63) is 206 Å². The number of allylic oxidation sites excluding steroid dienone is 4. The van der Waals surface area contributed by atoms with Gasteiger partial charge in [-0.25, -0.2) is 0 Å². The van der Waals surface area contributed by atoms with E-state index < -0.39 is 0 Å². The molecule has 8 rings (SSSR count). The molecule has 0 saturated heterocycles. The number of benzene rings is 8. The highest BCUT2D eigenvalue weighted by Gasteiger charge is 2.17. The summed E-state index contributed by atoms with van der Waals surface area (Å²) in [5.74, 6) is 0. The Labute approximate surface area is 301 Å². The van der Waals surface area contributed by atoms with Crippen molar-refractivity contribution in [1.29, 1.82) is 0 Å². The van der Waals surface area contributed by atoms with Crippen LogP contribution in [0.5, 0.6) is 0 Å². The molecule has 0 spiro atoms. The topological polar surface area (TPSA) is 3.24 Å². The minimum atomic E-state index is 1.10. The molecule has 0 bridgehead atoms. The van der Waals surface area contributed by atoms with Crippen LogP contribution in [0, 0.1) is 0 Å². The standard InChI is InChI=1S/C50H39N/c1-3-4-14-36(2)50-35-44(33-34-49(50)37-15-6-5-7-16-37)51(42-29-25-40(26-30-42)47-23-12-19-38-17-8-10-21-45(38)47)43-31-27-41(28-32-43)48-24-13-20-39-18-9-11-22-46(39)48/h3-35H,1-2H3/b4-3-,36-14+. The molecule has 0 saturated carbocycles. The van der Waals surface area contributed by atoms with Gasteiger partial charge in [-0.3, -0.25) is 0 Å². The Morgan fingerprint density at radius 2 is 0.902 bits per heavy atom. The summed E-state index contributed by atoms with van der Waals surface area (Å²) in [4.78, 5) is 2.38. The van der Waals surface area contributed by atoms with Crippen molar-refractivity contribution in [2.75, 3.05) is 4.90 Å². The second-order valence-corrected chi connectivity index (χ2v) is 13.0. The summed E-state index contributed by atoms with van der Waals surface area (Å²) in [6, 6.07) is 65.9. The smallest absolute Gasteiger partial charge is 0.0468 e. The van der Waals surface area contributed by atoms with Crippen molar-refractivity contribution >= 4 is 44.2 Å². The van der Waals surface area contributed by atoms with Crippen molar-refractivity contribution in [2.45, 2.75) is 13.8 Å². The number of hydrogen-bond donors (Lipinski definition) is 0. The highest BCUT2D eigenvalue weighted by atomic mass is 15.1. The molecule has 0 aromatic heterocycles. The first-order valence-corrected chi connectivity index (χ1v) is 17.6. The van der Waals surface area contributed by atoms with E-state index in [4.69, 9.17) is 0 Å². The Morgan fingerprint density at radius 3 is 1.45 bits per heavy atom. The first-order chi connectivity index (χ1) is 25.2. The fourth-order valence-corrected chi connectivity index (χ4v) is 7.18. The minimum absolute atomic E-state index is 1.10. The maximum Gasteiger partial charge on any atom is 0.0468 e. The van der Waals surface area contributed by atoms with Gasteiger partial charge in [-0.2, -0.15) is 0 Å². The second kappa shape index (κ2) is 14.2. The largest absolute Gasteiger partial charge is 0.310 e. The predicted octanol–water partition coefficient (Wildman–Crippen LogP) is 14.4. The van der Waals surface area contributed by atoms with Crippen LogP contribution in [0.15, 0.2) is 200 Å². The van der Waals surface area contributed by atoms with Crippen LogP contribution in [0.2, 0.25) is 0 Å². The molecule has 0 aliphatic heterocycles. The highest BCUT2D eigenvalue weighted by Crippen LogP contribution is 2.41. The van der Waals surface area contributed by atoms with Crippen LogP contribution in [-0.4, -0.2) is 0 Å². The zero-order chi connectivity index (χ0) is 34.6. The lowest BCUT2D eigenvalue weighted by molar-refractivity contribution is 1.28. The monoisotopic (exact) mass is 653 g/mol. The first kappa shape index (κ1) is 31.8. The Morgan fingerprint density at radius 1 is 0.431 bits per heavy atom. The van der Waals surface area contributed by atoms with E-state index in [9.17, 15) is 0 Å². The maximum absolute atomic E-state index is 2.38. The molecule has 0 heterocycles. The summed E-state index contributed by atoms with van der Waals surface area (Å²) in [5, 5.41) is 5.02. The maximum atomic E-state index is 2.38. The van der Waals surface area contributed by atoms with Gasteiger partial charge in [-0.05, 0) is 116 Å². The van der Waals surface area contributed by atoms with Gasteiger partial charge in [0, 0.05) is 17.1 Å². The van der Waals surface area contributed by atoms with Crippen molar-refractivity contribution in [3.8, 4) is 33.4 Å². The van der Waals surface area contributed by atoms with E-state index in [2.05, 4.69) is 219 Å². The highest BCUT2D eigenvalue weighted by molar-refractivity contribution is 5.98. The summed E-state index contributed by atoms with van der Waals surface area (Å²) >= 11 is 0. The van der Waals surface area contributed by atoms with Gasteiger partial charge < -0.3 is 4.90 Å². The van der Waals surface area contributed by atoms with Gasteiger partial charge in [0.15, 0.2) is 0 Å². The van der Waals surface area contributed by atoms with Crippen LogP contribution >= 0.6 is 0 Å². The van der Waals surface area contributed by atoms with Crippen molar-refractivity contribution < 1.29 is 0 Å². The van der Waals surface area contributed by atoms with E-state index in [0.29, 0.717) is 0 Å². The molecule has 1 nitrogen and oxygen atoms in total. The average Bonchev–Trinajstić information content (AvgIpc) is 3.20. The second-order valence-electron chi connectivity index (χ2n) is 13.0. The normalized spacial score (nSPS) is 11.8. The molecule has 0 unspecified atom stereocenters. The molecule has 1 heteroatoms. The van der Waals surface area contributed by atoms with Crippen molar-refractivity contribution in [1.82, 2.24) is 0 Å². The van der Waals surface area contributed by atoms with E-state index in [1.165, 1.54) is 66.1 Å².